The Balaban J connectivity index is 0. The van der Waals surface area contributed by atoms with E-state index in [2.05, 4.69) is 0 Å². The van der Waals surface area contributed by atoms with Crippen molar-refractivity contribution in [3.05, 3.63) is 0 Å². The zero-order valence-electron chi connectivity index (χ0n) is 2.65. The van der Waals surface area contributed by atoms with E-state index >= 15 is 0 Å². The largest absolute Gasteiger partial charge is 0.412 e. The second-order valence-corrected chi connectivity index (χ2v) is 0. The normalized spacial score (nSPS) is 0. The molecule has 0 bridgehead atoms. The van der Waals surface area contributed by atoms with Gasteiger partial charge >= 0.3 is 0 Å². The third kappa shape index (κ3) is 38.5. The van der Waals surface area contributed by atoms with Crippen molar-refractivity contribution in [2.24, 2.45) is 0 Å². The van der Waals surface area contributed by atoms with Gasteiger partial charge in [-0.25, -0.2) is 0 Å². The van der Waals surface area contributed by atoms with Crippen LogP contribution in [-0.4, -0.2) is 56.0 Å². The molecule has 0 spiro atoms. The molecule has 0 aliphatic carbocycles. The Labute approximate surface area is 56.2 Å². The van der Waals surface area contributed by atoms with Gasteiger partial charge < -0.3 is 16.4 Å². The van der Waals surface area contributed by atoms with Crippen LogP contribution < -0.4 is 0 Å². The summed E-state index contributed by atoms with van der Waals surface area (Å²) in [6, 6.07) is 0. The summed E-state index contributed by atoms with van der Waals surface area (Å²) in [5.74, 6) is 0. The monoisotopic (exact) mass is 192 g/mol. The summed E-state index contributed by atoms with van der Waals surface area (Å²) in [5, 5.41) is 0. The zero-order valence-corrected chi connectivity index (χ0v) is 7.50. The van der Waals surface area contributed by atoms with E-state index < -0.39 is 0 Å². The zero-order chi connectivity index (χ0) is 0. The van der Waals surface area contributed by atoms with Crippen LogP contribution in [0.1, 0.15) is 0 Å². The van der Waals surface area contributed by atoms with E-state index in [-0.39, 0.29) is 56.0 Å². The van der Waals surface area contributed by atoms with Crippen LogP contribution in [0, 0.1) is 0 Å². The Hall–Kier alpha value is 1.15. The Morgan fingerprint density at radius 1 is 0.400 bits per heavy atom. The molecule has 0 saturated carbocycles. The van der Waals surface area contributed by atoms with Crippen molar-refractivity contribution in [1.29, 1.82) is 0 Å². The van der Waals surface area contributed by atoms with Gasteiger partial charge in [-0.2, -0.15) is 0 Å². The average Bonchev–Trinajstić information content (AvgIpc) is 0. The van der Waals surface area contributed by atoms with Crippen LogP contribution in [0.4, 0.5) is 0 Å². The molecule has 0 aromatic carbocycles. The maximum Gasteiger partial charge on any atom is 0 e. The van der Waals surface area contributed by atoms with Crippen molar-refractivity contribution in [2.75, 3.05) is 0 Å². The first-order valence-corrected chi connectivity index (χ1v) is 0. The molecule has 6 radical (unpaired) electrons. The Morgan fingerprint density at radius 2 is 0.400 bits per heavy atom. The van der Waals surface area contributed by atoms with Gasteiger partial charge in [0.05, 0.1) is 0 Å². The molecule has 30 valence electrons. The summed E-state index contributed by atoms with van der Waals surface area (Å²) in [7, 11) is 0. The molecule has 0 heterocycles. The van der Waals surface area contributed by atoms with Gasteiger partial charge in [-0.3, -0.25) is 0 Å². The molecule has 5 heavy (non-hydrogen) atoms. The van der Waals surface area contributed by atoms with Crippen LogP contribution >= 0.6 is 0 Å². The molecule has 0 fully saturated rings. The fourth-order valence-corrected chi connectivity index (χ4v) is 0. The third-order valence-corrected chi connectivity index (χ3v) is 0. The molecular weight excluding hydrogens is 187 g/mol. The van der Waals surface area contributed by atoms with E-state index in [1.807, 2.05) is 0 Å². The summed E-state index contributed by atoms with van der Waals surface area (Å²) in [6.07, 6.45) is 0. The molecule has 0 aliphatic heterocycles. The van der Waals surface area contributed by atoms with Gasteiger partial charge in [-0.15, -0.1) is 0 Å². The van der Waals surface area contributed by atoms with Gasteiger partial charge in [0.2, 0.25) is 0 Å². The second kappa shape index (κ2) is 66.9. The van der Waals surface area contributed by atoms with Crippen molar-refractivity contribution >= 4 is 39.6 Å². The third-order valence-electron chi connectivity index (χ3n) is 0. The Morgan fingerprint density at radius 3 is 0.400 bits per heavy atom. The summed E-state index contributed by atoms with van der Waals surface area (Å²) in [6.45, 7) is 0. The molecule has 0 amide bonds. The van der Waals surface area contributed by atoms with Crippen LogP contribution in [0.5, 0.6) is 0 Å². The van der Waals surface area contributed by atoms with Crippen LogP contribution in [0.25, 0.3) is 0 Å². The van der Waals surface area contributed by atoms with E-state index in [9.17, 15) is 0 Å². The van der Waals surface area contributed by atoms with Gasteiger partial charge in [-0.1, -0.05) is 0 Å². The maximum atomic E-state index is 0. The summed E-state index contributed by atoms with van der Waals surface area (Å²) >= 11 is 0. The van der Waals surface area contributed by atoms with Gasteiger partial charge in [0.15, 0.2) is 0 Å². The SMILES string of the molecule is O.O.O.[Ga].[Ga]. The van der Waals surface area contributed by atoms with Crippen molar-refractivity contribution in [3.8, 4) is 0 Å². The number of hydrogen-bond donors (Lipinski definition) is 0. The molecule has 0 aliphatic rings. The predicted octanol–water partition coefficient (Wildman–Crippen LogP) is -3.24. The fourth-order valence-electron chi connectivity index (χ4n) is 0. The molecule has 3 nitrogen and oxygen atoms in total. The van der Waals surface area contributed by atoms with Crippen molar-refractivity contribution in [2.45, 2.75) is 0 Å². The second-order valence-electron chi connectivity index (χ2n) is 0. The van der Waals surface area contributed by atoms with Crippen LogP contribution in [0.15, 0.2) is 0 Å². The van der Waals surface area contributed by atoms with E-state index in [1.54, 1.807) is 0 Å². The predicted molar refractivity (Wildman–Crippen MR) is 22.3 cm³/mol. The van der Waals surface area contributed by atoms with E-state index in [4.69, 9.17) is 0 Å². The summed E-state index contributed by atoms with van der Waals surface area (Å²) in [4.78, 5) is 0. The first-order chi connectivity index (χ1) is 0. The molecule has 0 saturated heterocycles. The van der Waals surface area contributed by atoms with Gasteiger partial charge in [0, 0.05) is 39.6 Å². The van der Waals surface area contributed by atoms with Gasteiger partial charge in [0.1, 0.15) is 0 Å². The molecule has 0 aromatic heterocycles. The molecule has 0 atom stereocenters. The molecule has 0 rings (SSSR count). The average molecular weight is 193 g/mol. The first kappa shape index (κ1) is 123. The Kier molecular flexibility index (Phi) is 1640. The molecule has 0 unspecified atom stereocenters. The number of rotatable bonds is 0. The topological polar surface area (TPSA) is 94.5 Å². The molecule has 6 N–H and O–H groups in total. The van der Waals surface area contributed by atoms with Crippen LogP contribution in [-0.2, 0) is 0 Å². The van der Waals surface area contributed by atoms with Crippen LogP contribution in [0.2, 0.25) is 0 Å². The van der Waals surface area contributed by atoms with Crippen molar-refractivity contribution in [1.82, 2.24) is 0 Å². The number of hydrogen-bond acceptors (Lipinski definition) is 0. The van der Waals surface area contributed by atoms with Crippen molar-refractivity contribution < 1.29 is 16.4 Å². The van der Waals surface area contributed by atoms with Gasteiger partial charge in [-0.05, 0) is 0 Å². The summed E-state index contributed by atoms with van der Waals surface area (Å²) in [5.41, 5.74) is 0. The molecule has 0 aromatic rings. The van der Waals surface area contributed by atoms with Gasteiger partial charge in [0.25, 0.3) is 0 Å². The van der Waals surface area contributed by atoms with E-state index in [1.165, 1.54) is 0 Å². The molecule has 5 heteroatoms. The van der Waals surface area contributed by atoms with E-state index in [0.29, 0.717) is 0 Å². The van der Waals surface area contributed by atoms with Crippen LogP contribution in [0.3, 0.4) is 0 Å². The minimum Gasteiger partial charge on any atom is -0.412 e. The quantitative estimate of drug-likeness (QED) is 0.362. The molecular formula is H6Ga2O3. The Bertz CT molecular complexity index is 4.85. The minimum atomic E-state index is 0. The van der Waals surface area contributed by atoms with E-state index in [0.717, 1.165) is 0 Å². The van der Waals surface area contributed by atoms with Crippen molar-refractivity contribution in [3.63, 3.8) is 0 Å². The minimum absolute atomic E-state index is 0. The maximum absolute atomic E-state index is 0. The fraction of sp³-hybridized carbons (Fsp3) is 0. The smallest absolute Gasteiger partial charge is 0 e. The standard InChI is InChI=1S/2Ga.3H2O/h;;3*1H2. The summed E-state index contributed by atoms with van der Waals surface area (Å²) < 4.78 is 0. The first-order valence-electron chi connectivity index (χ1n) is 0.